The van der Waals surface area contributed by atoms with E-state index in [9.17, 15) is 9.18 Å². The number of halogens is 2. The van der Waals surface area contributed by atoms with Gasteiger partial charge in [-0.1, -0.05) is 60.1 Å². The lowest BCUT2D eigenvalue weighted by Crippen LogP contribution is -2.28. The van der Waals surface area contributed by atoms with Crippen molar-refractivity contribution < 1.29 is 13.9 Å². The van der Waals surface area contributed by atoms with E-state index in [4.69, 9.17) is 16.3 Å². The molecule has 0 N–H and O–H groups in total. The van der Waals surface area contributed by atoms with Gasteiger partial charge in [0.1, 0.15) is 18.2 Å². The van der Waals surface area contributed by atoms with Gasteiger partial charge in [-0.2, -0.15) is 0 Å². The second-order valence-corrected chi connectivity index (χ2v) is 6.49. The molecule has 0 aliphatic heterocycles. The molecule has 0 fully saturated rings. The normalized spacial score (nSPS) is 10.5. The summed E-state index contributed by atoms with van der Waals surface area (Å²) >= 11 is 6.14. The summed E-state index contributed by atoms with van der Waals surface area (Å²) in [6.45, 7) is 2.09. The highest BCUT2D eigenvalue weighted by atomic mass is 35.5. The molecule has 3 rings (SSSR count). The van der Waals surface area contributed by atoms with Crippen LogP contribution in [0.5, 0.6) is 5.75 Å². The molecule has 0 bridgehead atoms. The highest BCUT2D eigenvalue weighted by molar-refractivity contribution is 6.31. The van der Waals surface area contributed by atoms with Crippen LogP contribution in [0.3, 0.4) is 0 Å². The lowest BCUT2D eigenvalue weighted by atomic mass is 10.1. The maximum absolute atomic E-state index is 13.3. The van der Waals surface area contributed by atoms with Crippen LogP contribution in [0.4, 0.5) is 10.1 Å². The van der Waals surface area contributed by atoms with Gasteiger partial charge < -0.3 is 9.64 Å². The van der Waals surface area contributed by atoms with Crippen molar-refractivity contribution >= 4 is 23.2 Å². The molecule has 0 radical (unpaired) electrons. The highest BCUT2D eigenvalue weighted by Gasteiger charge is 2.18. The Kier molecular flexibility index (Phi) is 6.09. The fourth-order valence-electron chi connectivity index (χ4n) is 2.72. The van der Waals surface area contributed by atoms with Crippen molar-refractivity contribution in [2.24, 2.45) is 0 Å². The van der Waals surface area contributed by atoms with Gasteiger partial charge in [-0.05, 0) is 35.4 Å². The molecular weight excluding hydrogens is 365 g/mol. The minimum atomic E-state index is -0.412. The minimum absolute atomic E-state index is 0.161. The summed E-state index contributed by atoms with van der Waals surface area (Å²) in [6.07, 6.45) is 0. The molecule has 0 spiro atoms. The van der Waals surface area contributed by atoms with Crippen molar-refractivity contribution in [1.82, 2.24) is 0 Å². The minimum Gasteiger partial charge on any atom is -0.487 e. The summed E-state index contributed by atoms with van der Waals surface area (Å²) in [6, 6.07) is 21.3. The van der Waals surface area contributed by atoms with Crippen molar-refractivity contribution in [2.75, 3.05) is 4.90 Å². The summed E-state index contributed by atoms with van der Waals surface area (Å²) in [5.41, 5.74) is 2.33. The van der Waals surface area contributed by atoms with Gasteiger partial charge in [0.25, 0.3) is 0 Å². The molecule has 0 aromatic heterocycles. The van der Waals surface area contributed by atoms with Crippen molar-refractivity contribution in [1.29, 1.82) is 0 Å². The summed E-state index contributed by atoms with van der Waals surface area (Å²) in [7, 11) is 0. The number of benzene rings is 3. The van der Waals surface area contributed by atoms with Crippen LogP contribution in [-0.2, 0) is 17.9 Å². The first-order chi connectivity index (χ1) is 13.0. The molecule has 3 aromatic carbocycles. The number of ether oxygens (including phenoxy) is 1. The first kappa shape index (κ1) is 18.9. The Hall–Kier alpha value is -2.85. The van der Waals surface area contributed by atoms with E-state index in [0.717, 1.165) is 5.56 Å². The van der Waals surface area contributed by atoms with Gasteiger partial charge in [0.2, 0.25) is 5.91 Å². The van der Waals surface area contributed by atoms with Gasteiger partial charge >= 0.3 is 0 Å². The predicted octanol–water partition coefficient (Wildman–Crippen LogP) is 5.61. The average Bonchev–Trinajstić information content (AvgIpc) is 2.67. The number of rotatable bonds is 6. The standard InChI is InChI=1S/C22H19ClFNO2/c1-16(26)25(14-18-11-12-19(24)13-20(18)23)21-9-5-6-10-22(21)27-15-17-7-3-2-4-8-17/h2-13H,14-15H2,1H3. The SMILES string of the molecule is CC(=O)N(Cc1ccc(F)cc1Cl)c1ccccc1OCc1ccccc1. The molecule has 0 atom stereocenters. The molecule has 3 nitrogen and oxygen atoms in total. The maximum atomic E-state index is 13.3. The monoisotopic (exact) mass is 383 g/mol. The number of anilines is 1. The van der Waals surface area contributed by atoms with Crippen LogP contribution in [0, 0.1) is 5.82 Å². The van der Waals surface area contributed by atoms with Crippen molar-refractivity contribution in [3.63, 3.8) is 0 Å². The third-order valence-corrected chi connectivity index (χ3v) is 4.47. The molecule has 3 aromatic rings. The molecule has 0 aliphatic rings. The Morgan fingerprint density at radius 2 is 1.74 bits per heavy atom. The highest BCUT2D eigenvalue weighted by Crippen LogP contribution is 2.31. The number of para-hydroxylation sites is 2. The molecule has 0 heterocycles. The van der Waals surface area contributed by atoms with Crippen LogP contribution in [0.25, 0.3) is 0 Å². The predicted molar refractivity (Wildman–Crippen MR) is 105 cm³/mol. The quantitative estimate of drug-likeness (QED) is 0.553. The Bertz CT molecular complexity index is 931. The van der Waals surface area contributed by atoms with Crippen molar-refractivity contribution in [3.05, 3.63) is 94.8 Å². The maximum Gasteiger partial charge on any atom is 0.224 e. The third-order valence-electron chi connectivity index (χ3n) is 4.12. The second-order valence-electron chi connectivity index (χ2n) is 6.08. The number of carbonyl (C=O) groups excluding carboxylic acids is 1. The number of carbonyl (C=O) groups is 1. The third kappa shape index (κ3) is 4.86. The summed E-state index contributed by atoms with van der Waals surface area (Å²) in [4.78, 5) is 13.9. The van der Waals surface area contributed by atoms with Crippen molar-refractivity contribution in [2.45, 2.75) is 20.1 Å². The Balaban J connectivity index is 1.86. The van der Waals surface area contributed by atoms with E-state index < -0.39 is 5.82 Å². The molecule has 0 aliphatic carbocycles. The molecule has 1 amide bonds. The smallest absolute Gasteiger partial charge is 0.224 e. The van der Waals surface area contributed by atoms with E-state index in [0.29, 0.717) is 23.6 Å². The molecule has 0 unspecified atom stereocenters. The van der Waals surface area contributed by atoms with E-state index in [2.05, 4.69) is 0 Å². The summed E-state index contributed by atoms with van der Waals surface area (Å²) in [5.74, 6) is 0.0191. The van der Waals surface area contributed by atoms with Crippen molar-refractivity contribution in [3.8, 4) is 5.75 Å². The fourth-order valence-corrected chi connectivity index (χ4v) is 2.95. The van der Waals surface area contributed by atoms with E-state index >= 15 is 0 Å². The van der Waals surface area contributed by atoms with E-state index in [-0.39, 0.29) is 17.5 Å². The van der Waals surface area contributed by atoms with Gasteiger partial charge in [-0.3, -0.25) is 4.79 Å². The Morgan fingerprint density at radius 3 is 2.44 bits per heavy atom. The number of nitrogens with zero attached hydrogens (tertiary/aromatic N) is 1. The van der Waals surface area contributed by atoms with Gasteiger partial charge in [-0.25, -0.2) is 4.39 Å². The Labute approximate surface area is 163 Å². The van der Waals surface area contributed by atoms with Gasteiger partial charge in [-0.15, -0.1) is 0 Å². The fraction of sp³-hybridized carbons (Fsp3) is 0.136. The lowest BCUT2D eigenvalue weighted by molar-refractivity contribution is -0.116. The zero-order valence-electron chi connectivity index (χ0n) is 14.9. The zero-order chi connectivity index (χ0) is 19.2. The number of amides is 1. The first-order valence-corrected chi connectivity index (χ1v) is 8.90. The first-order valence-electron chi connectivity index (χ1n) is 8.52. The molecule has 5 heteroatoms. The molecule has 0 saturated heterocycles. The van der Waals surface area contributed by atoms with Gasteiger partial charge in [0.15, 0.2) is 0 Å². The summed E-state index contributed by atoms with van der Waals surface area (Å²) in [5, 5.41) is 0.281. The second kappa shape index (κ2) is 8.69. The molecule has 27 heavy (non-hydrogen) atoms. The molecule has 138 valence electrons. The van der Waals surface area contributed by atoms with Crippen LogP contribution < -0.4 is 9.64 Å². The van der Waals surface area contributed by atoms with Crippen LogP contribution in [-0.4, -0.2) is 5.91 Å². The van der Waals surface area contributed by atoms with Gasteiger partial charge in [0.05, 0.1) is 12.2 Å². The van der Waals surface area contributed by atoms with Crippen LogP contribution in [0.15, 0.2) is 72.8 Å². The van der Waals surface area contributed by atoms with E-state index in [1.54, 1.807) is 11.0 Å². The largest absolute Gasteiger partial charge is 0.487 e. The Morgan fingerprint density at radius 1 is 1.04 bits per heavy atom. The van der Waals surface area contributed by atoms with E-state index in [1.165, 1.54) is 19.1 Å². The van der Waals surface area contributed by atoms with Crippen LogP contribution in [0.2, 0.25) is 5.02 Å². The van der Waals surface area contributed by atoms with Gasteiger partial charge in [0, 0.05) is 11.9 Å². The average molecular weight is 384 g/mol. The van der Waals surface area contributed by atoms with Crippen LogP contribution in [0.1, 0.15) is 18.1 Å². The van der Waals surface area contributed by atoms with E-state index in [1.807, 2.05) is 54.6 Å². The lowest BCUT2D eigenvalue weighted by Gasteiger charge is -2.24. The van der Waals surface area contributed by atoms with Crippen LogP contribution >= 0.6 is 11.6 Å². The zero-order valence-corrected chi connectivity index (χ0v) is 15.6. The number of hydrogen-bond acceptors (Lipinski definition) is 2. The molecular formula is C22H19ClFNO2. The summed E-state index contributed by atoms with van der Waals surface area (Å²) < 4.78 is 19.3. The topological polar surface area (TPSA) is 29.5 Å². The number of hydrogen-bond donors (Lipinski definition) is 0. The molecule has 0 saturated carbocycles.